The fraction of sp³-hybridized carbons (Fsp3) is 0.333. The summed E-state index contributed by atoms with van der Waals surface area (Å²) in [6, 6.07) is 3.94. The molecule has 2 heterocycles. The van der Waals surface area contributed by atoms with Gasteiger partial charge in [-0.1, -0.05) is 29.2 Å². The molecule has 2 amide bonds. The molecule has 0 unspecified atom stereocenters. The van der Waals surface area contributed by atoms with Crippen LogP contribution in [0.15, 0.2) is 21.9 Å². The smallest absolute Gasteiger partial charge is 0.267 e. The van der Waals surface area contributed by atoms with Gasteiger partial charge in [0.05, 0.1) is 10.6 Å². The number of nitrogens with zero attached hydrogens (tertiary/aromatic N) is 2. The van der Waals surface area contributed by atoms with Crippen molar-refractivity contribution in [1.82, 2.24) is 15.5 Å². The second-order valence-electron chi connectivity index (χ2n) is 4.44. The van der Waals surface area contributed by atoms with E-state index < -0.39 is 0 Å². The van der Waals surface area contributed by atoms with E-state index in [4.69, 9.17) is 0 Å². The van der Waals surface area contributed by atoms with Gasteiger partial charge in [-0.25, -0.2) is 0 Å². The number of thioether (sulfide) groups is 1. The van der Waals surface area contributed by atoms with Gasteiger partial charge in [0.15, 0.2) is 4.34 Å². The molecule has 1 aliphatic rings. The second-order valence-corrected chi connectivity index (χ2v) is 7.58. The minimum Gasteiger partial charge on any atom is -0.353 e. The average molecular weight is 340 g/mol. The molecule has 2 N–H and O–H groups in total. The number of nitrogens with one attached hydrogen (secondary N) is 2. The lowest BCUT2D eigenvalue weighted by atomic mass is 10.4. The zero-order valence-electron chi connectivity index (χ0n) is 10.9. The van der Waals surface area contributed by atoms with Gasteiger partial charge in [-0.3, -0.25) is 14.9 Å². The van der Waals surface area contributed by atoms with Gasteiger partial charge in [0.1, 0.15) is 0 Å². The summed E-state index contributed by atoms with van der Waals surface area (Å²) in [4.78, 5) is 24.0. The van der Waals surface area contributed by atoms with Crippen molar-refractivity contribution in [2.24, 2.45) is 0 Å². The average Bonchev–Trinajstić information content (AvgIpc) is 2.96. The van der Waals surface area contributed by atoms with E-state index in [1.165, 1.54) is 34.4 Å². The normalized spacial score (nSPS) is 13.9. The van der Waals surface area contributed by atoms with Crippen molar-refractivity contribution in [2.75, 3.05) is 11.1 Å². The molecule has 0 radical (unpaired) electrons. The quantitative estimate of drug-likeness (QED) is 0.622. The number of hydrogen-bond acceptors (Lipinski definition) is 7. The third-order valence-corrected chi connectivity index (χ3v) is 5.48. The molecule has 0 saturated heterocycles. The molecule has 6 nitrogen and oxygen atoms in total. The van der Waals surface area contributed by atoms with Gasteiger partial charge in [-0.05, 0) is 24.3 Å². The fourth-order valence-electron chi connectivity index (χ4n) is 1.51. The van der Waals surface area contributed by atoms with Crippen LogP contribution in [0.3, 0.4) is 0 Å². The number of thiophene rings is 1. The zero-order chi connectivity index (χ0) is 14.7. The standard InChI is InChI=1S/C12H12N4O2S3/c17-9(13-7-3-4-7)6-20-12-16-15-11(21-12)14-10(18)8-2-1-5-19-8/h1-2,5,7H,3-4,6H2,(H,13,17)(H,14,15,18). The summed E-state index contributed by atoms with van der Waals surface area (Å²) >= 11 is 3.97. The summed E-state index contributed by atoms with van der Waals surface area (Å²) in [6.07, 6.45) is 2.15. The van der Waals surface area contributed by atoms with Crippen molar-refractivity contribution in [3.05, 3.63) is 22.4 Å². The highest BCUT2D eigenvalue weighted by molar-refractivity contribution is 8.01. The van der Waals surface area contributed by atoms with Gasteiger partial charge >= 0.3 is 0 Å². The van der Waals surface area contributed by atoms with Gasteiger partial charge in [-0.15, -0.1) is 21.5 Å². The second kappa shape index (κ2) is 6.54. The number of amides is 2. The van der Waals surface area contributed by atoms with Crippen LogP contribution in [-0.2, 0) is 4.79 Å². The van der Waals surface area contributed by atoms with E-state index in [1.807, 2.05) is 11.4 Å². The Morgan fingerprint density at radius 2 is 2.24 bits per heavy atom. The van der Waals surface area contributed by atoms with Crippen LogP contribution in [0.25, 0.3) is 0 Å². The number of anilines is 1. The number of carbonyl (C=O) groups excluding carboxylic acids is 2. The molecule has 0 bridgehead atoms. The summed E-state index contributed by atoms with van der Waals surface area (Å²) in [5.41, 5.74) is 0. The molecule has 1 saturated carbocycles. The van der Waals surface area contributed by atoms with Crippen molar-refractivity contribution < 1.29 is 9.59 Å². The SMILES string of the molecule is O=C(CSc1nnc(NC(=O)c2cccs2)s1)NC1CC1. The Labute approximate surface area is 133 Å². The summed E-state index contributed by atoms with van der Waals surface area (Å²) in [6.45, 7) is 0. The Bertz CT molecular complexity index is 637. The maximum atomic E-state index is 11.8. The third kappa shape index (κ3) is 4.26. The van der Waals surface area contributed by atoms with Crippen molar-refractivity contribution in [2.45, 2.75) is 23.2 Å². The third-order valence-electron chi connectivity index (χ3n) is 2.64. The highest BCUT2D eigenvalue weighted by Gasteiger charge is 2.23. The molecule has 1 fully saturated rings. The van der Waals surface area contributed by atoms with Gasteiger partial charge in [0.2, 0.25) is 11.0 Å². The summed E-state index contributed by atoms with van der Waals surface area (Å²) in [7, 11) is 0. The van der Waals surface area contributed by atoms with Crippen LogP contribution in [-0.4, -0.2) is 33.8 Å². The number of hydrogen-bond donors (Lipinski definition) is 2. The summed E-state index contributed by atoms with van der Waals surface area (Å²) < 4.78 is 0.669. The number of rotatable bonds is 6. The van der Waals surface area contributed by atoms with E-state index >= 15 is 0 Å². The highest BCUT2D eigenvalue weighted by atomic mass is 32.2. The topological polar surface area (TPSA) is 84.0 Å². The maximum absolute atomic E-state index is 11.8. The molecule has 110 valence electrons. The predicted molar refractivity (Wildman–Crippen MR) is 84.1 cm³/mol. The van der Waals surface area contributed by atoms with E-state index in [0.29, 0.717) is 26.1 Å². The minimum absolute atomic E-state index is 0.0156. The monoisotopic (exact) mass is 340 g/mol. The largest absolute Gasteiger partial charge is 0.353 e. The Morgan fingerprint density at radius 1 is 1.38 bits per heavy atom. The van der Waals surface area contributed by atoms with Crippen LogP contribution in [0.5, 0.6) is 0 Å². The Hall–Kier alpha value is -1.45. The molecule has 2 aromatic heterocycles. The van der Waals surface area contributed by atoms with Gasteiger partial charge in [-0.2, -0.15) is 0 Å². The van der Waals surface area contributed by atoms with E-state index in [2.05, 4.69) is 20.8 Å². The van der Waals surface area contributed by atoms with E-state index in [1.54, 1.807) is 6.07 Å². The molecule has 9 heteroatoms. The molecular weight excluding hydrogens is 328 g/mol. The van der Waals surface area contributed by atoms with Gasteiger partial charge in [0.25, 0.3) is 5.91 Å². The first-order valence-corrected chi connectivity index (χ1v) is 8.99. The lowest BCUT2D eigenvalue weighted by molar-refractivity contribution is -0.118. The molecule has 0 atom stereocenters. The Kier molecular flexibility index (Phi) is 4.51. The van der Waals surface area contributed by atoms with Crippen LogP contribution in [0.1, 0.15) is 22.5 Å². The Balaban J connectivity index is 1.48. The highest BCUT2D eigenvalue weighted by Crippen LogP contribution is 2.26. The van der Waals surface area contributed by atoms with Gasteiger partial charge in [0, 0.05) is 6.04 Å². The van der Waals surface area contributed by atoms with Crippen LogP contribution < -0.4 is 10.6 Å². The minimum atomic E-state index is -0.191. The fourth-order valence-corrected chi connectivity index (χ4v) is 3.69. The molecule has 0 spiro atoms. The van der Waals surface area contributed by atoms with Crippen LogP contribution in [0.2, 0.25) is 0 Å². The first kappa shape index (κ1) is 14.5. The Morgan fingerprint density at radius 3 is 2.95 bits per heavy atom. The molecule has 1 aliphatic carbocycles. The van der Waals surface area contributed by atoms with Crippen molar-refractivity contribution in [1.29, 1.82) is 0 Å². The lowest BCUT2D eigenvalue weighted by Crippen LogP contribution is -2.26. The van der Waals surface area contributed by atoms with Crippen molar-refractivity contribution >= 4 is 51.4 Å². The molecule has 21 heavy (non-hydrogen) atoms. The molecular formula is C12H12N4O2S3. The first-order valence-electron chi connectivity index (χ1n) is 6.31. The molecule has 0 aliphatic heterocycles. The van der Waals surface area contributed by atoms with Crippen LogP contribution in [0, 0.1) is 0 Å². The van der Waals surface area contributed by atoms with Gasteiger partial charge < -0.3 is 5.32 Å². The predicted octanol–water partition coefficient (Wildman–Crippen LogP) is 2.22. The molecule has 0 aromatic carbocycles. The number of aromatic nitrogens is 2. The van der Waals surface area contributed by atoms with Crippen LogP contribution >= 0.6 is 34.4 Å². The van der Waals surface area contributed by atoms with Crippen LogP contribution in [0.4, 0.5) is 5.13 Å². The number of carbonyl (C=O) groups is 2. The maximum Gasteiger partial charge on any atom is 0.267 e. The molecule has 3 rings (SSSR count). The first-order chi connectivity index (χ1) is 10.2. The van der Waals surface area contributed by atoms with Crippen molar-refractivity contribution in [3.8, 4) is 0 Å². The summed E-state index contributed by atoms with van der Waals surface area (Å²) in [5, 5.41) is 15.8. The van der Waals surface area contributed by atoms with Crippen molar-refractivity contribution in [3.63, 3.8) is 0 Å². The van der Waals surface area contributed by atoms with E-state index in [-0.39, 0.29) is 11.8 Å². The zero-order valence-corrected chi connectivity index (χ0v) is 13.3. The van der Waals surface area contributed by atoms with E-state index in [9.17, 15) is 9.59 Å². The van der Waals surface area contributed by atoms with E-state index in [0.717, 1.165) is 12.8 Å². The lowest BCUT2D eigenvalue weighted by Gasteiger charge is -2.00. The summed E-state index contributed by atoms with van der Waals surface area (Å²) in [5.74, 6) is 0.148. The molecule has 2 aromatic rings.